The van der Waals surface area contributed by atoms with Crippen LogP contribution in [0.3, 0.4) is 0 Å². The van der Waals surface area contributed by atoms with E-state index in [2.05, 4.69) is 46.2 Å². The van der Waals surface area contributed by atoms with E-state index in [4.69, 9.17) is 22.4 Å². The van der Waals surface area contributed by atoms with Crippen LogP contribution in [-0.2, 0) is 0 Å². The highest BCUT2D eigenvalue weighted by molar-refractivity contribution is 7.80. The van der Waals surface area contributed by atoms with Gasteiger partial charge >= 0.3 is 0 Å². The zero-order valence-corrected chi connectivity index (χ0v) is 23.1. The summed E-state index contributed by atoms with van der Waals surface area (Å²) in [5.41, 5.74) is 7.21. The Morgan fingerprint density at radius 1 is 1.06 bits per heavy atom. The van der Waals surface area contributed by atoms with Crippen molar-refractivity contribution in [2.45, 2.75) is 110 Å². The van der Waals surface area contributed by atoms with Gasteiger partial charge in [0.2, 0.25) is 8.53 Å². The number of nitrogens with two attached hydrogens (primary N) is 1. The van der Waals surface area contributed by atoms with Crippen LogP contribution in [0.4, 0.5) is 0 Å². The van der Waals surface area contributed by atoms with Gasteiger partial charge < -0.3 is 9.79 Å². The highest BCUT2D eigenvalue weighted by Crippen LogP contribution is 2.67. The van der Waals surface area contributed by atoms with Crippen molar-refractivity contribution < 1.29 is 9.79 Å². The third-order valence-electron chi connectivity index (χ3n) is 10.3. The fourth-order valence-corrected chi connectivity index (χ4v) is 8.99. The Hall–Kier alpha value is 0.400. The minimum absolute atomic E-state index is 0.504. The SMILES string of the molecule is CC(C)CCC[C@@H](C)[C@H]1CC[C@H]2[C@@H]3CC=C4C[C@@H](S)CC[C@]4(C)[C@H]3CC[C@]12C.NP(O)O. The Bertz CT molecular complexity index is 653. The molecular weight excluding hydrogens is 433 g/mol. The average molecular weight is 484 g/mol. The lowest BCUT2D eigenvalue weighted by molar-refractivity contribution is -0.0497. The van der Waals surface area contributed by atoms with E-state index in [0.717, 1.165) is 35.5 Å². The largest absolute Gasteiger partial charge is 0.338 e. The summed E-state index contributed by atoms with van der Waals surface area (Å²) in [6, 6.07) is 0. The highest BCUT2D eigenvalue weighted by atomic mass is 32.1. The number of allylic oxidation sites excluding steroid dienone is 2. The van der Waals surface area contributed by atoms with Crippen LogP contribution in [0.5, 0.6) is 0 Å². The molecule has 0 saturated heterocycles. The summed E-state index contributed by atoms with van der Waals surface area (Å²) in [6.45, 7) is 12.7. The predicted octanol–water partition coefficient (Wildman–Crippen LogP) is 7.48. The van der Waals surface area contributed by atoms with Crippen LogP contribution in [0.2, 0.25) is 0 Å². The molecule has 4 N–H and O–H groups in total. The van der Waals surface area contributed by atoms with Crippen LogP contribution in [0.15, 0.2) is 11.6 Å². The number of hydrogen-bond donors (Lipinski definition) is 4. The van der Waals surface area contributed by atoms with Crippen LogP contribution in [0.1, 0.15) is 105 Å². The molecule has 3 saturated carbocycles. The second-order valence-electron chi connectivity index (χ2n) is 12.5. The first kappa shape index (κ1) is 27.0. The fraction of sp³-hybridized carbons (Fsp3) is 0.926. The maximum atomic E-state index is 7.45. The van der Waals surface area contributed by atoms with Crippen molar-refractivity contribution in [3.63, 3.8) is 0 Å². The van der Waals surface area contributed by atoms with Gasteiger partial charge in [-0.1, -0.05) is 65.5 Å². The molecule has 4 rings (SSSR count). The minimum Gasteiger partial charge on any atom is -0.338 e. The molecule has 4 aliphatic rings. The van der Waals surface area contributed by atoms with Crippen molar-refractivity contribution in [2.24, 2.45) is 51.8 Å². The molecule has 0 aliphatic heterocycles. The molecule has 0 aromatic rings. The minimum atomic E-state index is -2.12. The van der Waals surface area contributed by atoms with Gasteiger partial charge in [0.15, 0.2) is 0 Å². The molecule has 3 nitrogen and oxygen atoms in total. The molecule has 32 heavy (non-hydrogen) atoms. The summed E-state index contributed by atoms with van der Waals surface area (Å²) >= 11 is 4.84. The number of fused-ring (bicyclic) bond motifs is 5. The van der Waals surface area contributed by atoms with Gasteiger partial charge in [-0.2, -0.15) is 12.6 Å². The Labute approximate surface area is 204 Å². The lowest BCUT2D eigenvalue weighted by Gasteiger charge is -2.58. The van der Waals surface area contributed by atoms with E-state index in [1.54, 1.807) is 5.57 Å². The van der Waals surface area contributed by atoms with Gasteiger partial charge in [-0.05, 0) is 97.7 Å². The van der Waals surface area contributed by atoms with Gasteiger partial charge in [-0.15, -0.1) is 0 Å². The van der Waals surface area contributed by atoms with E-state index < -0.39 is 8.53 Å². The monoisotopic (exact) mass is 483 g/mol. The van der Waals surface area contributed by atoms with Crippen LogP contribution in [0, 0.1) is 46.3 Å². The van der Waals surface area contributed by atoms with Gasteiger partial charge in [0.25, 0.3) is 0 Å². The first-order valence-corrected chi connectivity index (χ1v) is 15.1. The van der Waals surface area contributed by atoms with Gasteiger partial charge in [0, 0.05) is 5.25 Å². The second-order valence-corrected chi connectivity index (χ2v) is 13.9. The summed E-state index contributed by atoms with van der Waals surface area (Å²) < 4.78 is 0. The van der Waals surface area contributed by atoms with Crippen molar-refractivity contribution in [1.29, 1.82) is 0 Å². The Morgan fingerprint density at radius 3 is 2.41 bits per heavy atom. The van der Waals surface area contributed by atoms with E-state index in [9.17, 15) is 0 Å². The van der Waals surface area contributed by atoms with E-state index in [0.29, 0.717) is 16.1 Å². The summed E-state index contributed by atoms with van der Waals surface area (Å²) in [7, 11) is -2.12. The van der Waals surface area contributed by atoms with Crippen molar-refractivity contribution in [3.8, 4) is 0 Å². The van der Waals surface area contributed by atoms with E-state index >= 15 is 0 Å². The molecule has 0 aromatic carbocycles. The van der Waals surface area contributed by atoms with Crippen LogP contribution in [0.25, 0.3) is 0 Å². The van der Waals surface area contributed by atoms with Gasteiger partial charge in [0.05, 0.1) is 0 Å². The normalized spacial score (nSPS) is 41.8. The maximum absolute atomic E-state index is 7.45. The Kier molecular flexibility index (Phi) is 9.27. The number of thiol groups is 1. The van der Waals surface area contributed by atoms with E-state index in [1.807, 2.05) is 0 Å². The Balaban J connectivity index is 0.000000668. The molecule has 5 heteroatoms. The lowest BCUT2D eigenvalue weighted by atomic mass is 9.47. The van der Waals surface area contributed by atoms with Gasteiger partial charge in [0.1, 0.15) is 0 Å². The summed E-state index contributed by atoms with van der Waals surface area (Å²) in [5, 5.41) is 0.618. The quantitative estimate of drug-likeness (QED) is 0.186. The molecule has 186 valence electrons. The van der Waals surface area contributed by atoms with Gasteiger partial charge in [-0.25, -0.2) is 0 Å². The summed E-state index contributed by atoms with van der Waals surface area (Å²) in [6.07, 6.45) is 18.4. The summed E-state index contributed by atoms with van der Waals surface area (Å²) in [5.74, 6) is 5.70. The molecule has 0 aromatic heterocycles. The number of rotatable bonds is 5. The molecule has 8 atom stereocenters. The van der Waals surface area contributed by atoms with E-state index in [1.165, 1.54) is 70.6 Å². The van der Waals surface area contributed by atoms with Crippen molar-refractivity contribution in [1.82, 2.24) is 0 Å². The second kappa shape index (κ2) is 11.0. The lowest BCUT2D eigenvalue weighted by Crippen LogP contribution is -2.50. The van der Waals surface area contributed by atoms with Crippen LogP contribution >= 0.6 is 21.2 Å². The first-order chi connectivity index (χ1) is 15.0. The zero-order valence-electron chi connectivity index (χ0n) is 21.3. The molecule has 0 bridgehead atoms. The first-order valence-electron chi connectivity index (χ1n) is 13.3. The zero-order chi connectivity index (χ0) is 23.7. The molecule has 0 radical (unpaired) electrons. The average Bonchev–Trinajstić information content (AvgIpc) is 3.05. The van der Waals surface area contributed by atoms with E-state index in [-0.39, 0.29) is 0 Å². The van der Waals surface area contributed by atoms with Crippen molar-refractivity contribution >= 4 is 21.2 Å². The molecule has 3 fully saturated rings. The third kappa shape index (κ3) is 5.62. The maximum Gasteiger partial charge on any atom is 0.247 e. The topological polar surface area (TPSA) is 66.5 Å². The third-order valence-corrected chi connectivity index (χ3v) is 10.7. The Morgan fingerprint density at radius 2 is 1.75 bits per heavy atom. The number of hydrogen-bond acceptors (Lipinski definition) is 4. The highest BCUT2D eigenvalue weighted by Gasteiger charge is 2.58. The predicted molar refractivity (Wildman–Crippen MR) is 141 cm³/mol. The smallest absolute Gasteiger partial charge is 0.247 e. The molecule has 0 heterocycles. The van der Waals surface area contributed by atoms with Crippen LogP contribution in [-0.4, -0.2) is 15.0 Å². The molecule has 4 aliphatic carbocycles. The van der Waals surface area contributed by atoms with Crippen molar-refractivity contribution in [3.05, 3.63) is 11.6 Å². The molecule has 0 unspecified atom stereocenters. The standard InChI is InChI=1S/C27H46S.H4NO2P/c1-18(2)7-6-8-19(3)23-11-12-24-22-10-9-20-17-21(28)13-15-26(20,4)25(22)14-16-27(23,24)5;1-4(2)3/h9,18-19,21-25,28H,6-8,10-17H2,1-5H3;2-3H,1H2/t19-,21+,22+,23-,24+,25+,26+,27-;/m1./s1. The molecule has 0 amide bonds. The summed E-state index contributed by atoms with van der Waals surface area (Å²) in [4.78, 5) is 14.9. The van der Waals surface area contributed by atoms with Gasteiger partial charge in [-0.3, -0.25) is 5.50 Å². The molecular formula is C27H50NO2PS. The molecule has 0 spiro atoms. The van der Waals surface area contributed by atoms with Crippen LogP contribution < -0.4 is 5.50 Å². The van der Waals surface area contributed by atoms with Crippen molar-refractivity contribution in [2.75, 3.05) is 0 Å². The fourth-order valence-electron chi connectivity index (χ4n) is 8.67.